The van der Waals surface area contributed by atoms with Crippen LogP contribution in [0, 0.1) is 0 Å². The first-order valence-electron chi connectivity index (χ1n) is 7.47. The standard InChI is InChI=1S/C18H17NO4/c20-17(21)15-10-11-19(16-9-5-4-8-14(15)16)18(22)23-12-13-6-2-1-3-7-13/h1-9,15H,10-12H2,(H,20,21)/t15-/m0/s1. The van der Waals surface area contributed by atoms with Crippen molar-refractivity contribution in [3.8, 4) is 0 Å². The summed E-state index contributed by atoms with van der Waals surface area (Å²) in [5.74, 6) is -1.45. The van der Waals surface area contributed by atoms with Gasteiger partial charge in [0.2, 0.25) is 0 Å². The smallest absolute Gasteiger partial charge is 0.414 e. The molecular weight excluding hydrogens is 294 g/mol. The Morgan fingerprint density at radius 1 is 1.09 bits per heavy atom. The lowest BCUT2D eigenvalue weighted by atomic mass is 9.90. The van der Waals surface area contributed by atoms with Crippen LogP contribution in [0.25, 0.3) is 0 Å². The normalized spacial score (nSPS) is 16.5. The van der Waals surface area contributed by atoms with Crippen LogP contribution in [-0.2, 0) is 16.1 Å². The van der Waals surface area contributed by atoms with Crippen LogP contribution >= 0.6 is 0 Å². The number of amides is 1. The van der Waals surface area contributed by atoms with Gasteiger partial charge in [0.1, 0.15) is 6.61 Å². The number of para-hydroxylation sites is 1. The number of carbonyl (C=O) groups is 2. The maximum Gasteiger partial charge on any atom is 0.414 e. The van der Waals surface area contributed by atoms with E-state index in [-0.39, 0.29) is 6.61 Å². The van der Waals surface area contributed by atoms with Gasteiger partial charge in [-0.15, -0.1) is 0 Å². The van der Waals surface area contributed by atoms with Gasteiger partial charge in [0, 0.05) is 6.54 Å². The Morgan fingerprint density at radius 2 is 1.78 bits per heavy atom. The molecule has 1 heterocycles. The zero-order valence-corrected chi connectivity index (χ0v) is 12.5. The predicted octanol–water partition coefficient (Wildman–Crippen LogP) is 3.40. The van der Waals surface area contributed by atoms with Crippen LogP contribution in [0.4, 0.5) is 10.5 Å². The number of benzene rings is 2. The van der Waals surface area contributed by atoms with Gasteiger partial charge in [-0.05, 0) is 23.6 Å². The summed E-state index contributed by atoms with van der Waals surface area (Å²) < 4.78 is 5.36. The molecule has 0 saturated heterocycles. The molecule has 0 saturated carbocycles. The molecule has 0 fully saturated rings. The van der Waals surface area contributed by atoms with Gasteiger partial charge in [-0.1, -0.05) is 48.5 Å². The van der Waals surface area contributed by atoms with Crippen LogP contribution in [0.3, 0.4) is 0 Å². The zero-order chi connectivity index (χ0) is 16.2. The van der Waals surface area contributed by atoms with Crippen LogP contribution < -0.4 is 4.90 Å². The molecule has 2 aromatic rings. The highest BCUT2D eigenvalue weighted by atomic mass is 16.6. The Balaban J connectivity index is 1.76. The second-order valence-electron chi connectivity index (χ2n) is 5.43. The van der Waals surface area contributed by atoms with Crippen molar-refractivity contribution in [2.75, 3.05) is 11.4 Å². The van der Waals surface area contributed by atoms with E-state index in [0.717, 1.165) is 5.56 Å². The molecule has 0 bridgehead atoms. The Bertz CT molecular complexity index is 714. The van der Waals surface area contributed by atoms with E-state index in [1.165, 1.54) is 4.90 Å². The lowest BCUT2D eigenvalue weighted by Gasteiger charge is -2.31. The Morgan fingerprint density at radius 3 is 2.52 bits per heavy atom. The number of ether oxygens (including phenoxy) is 1. The molecule has 0 spiro atoms. The predicted molar refractivity (Wildman–Crippen MR) is 85.4 cm³/mol. The highest BCUT2D eigenvalue weighted by molar-refractivity contribution is 5.92. The molecular formula is C18H17NO4. The fourth-order valence-corrected chi connectivity index (χ4v) is 2.81. The molecule has 0 aliphatic carbocycles. The van der Waals surface area contributed by atoms with E-state index in [0.29, 0.717) is 24.2 Å². The van der Waals surface area contributed by atoms with E-state index in [1.54, 1.807) is 24.3 Å². The molecule has 5 heteroatoms. The first kappa shape index (κ1) is 15.1. The first-order chi connectivity index (χ1) is 11.2. The van der Waals surface area contributed by atoms with Crippen molar-refractivity contribution in [3.63, 3.8) is 0 Å². The summed E-state index contributed by atoms with van der Waals surface area (Å²) in [7, 11) is 0. The molecule has 5 nitrogen and oxygen atoms in total. The van der Waals surface area contributed by atoms with Crippen molar-refractivity contribution in [2.45, 2.75) is 18.9 Å². The third-order valence-electron chi connectivity index (χ3n) is 3.97. The van der Waals surface area contributed by atoms with Gasteiger partial charge in [0.15, 0.2) is 0 Å². The van der Waals surface area contributed by atoms with Crippen LogP contribution in [0.5, 0.6) is 0 Å². The summed E-state index contributed by atoms with van der Waals surface area (Å²) >= 11 is 0. The quantitative estimate of drug-likeness (QED) is 0.943. The van der Waals surface area contributed by atoms with Crippen molar-refractivity contribution < 1.29 is 19.4 Å². The maximum atomic E-state index is 12.4. The van der Waals surface area contributed by atoms with Gasteiger partial charge in [0.05, 0.1) is 11.6 Å². The third kappa shape index (κ3) is 3.18. The number of carboxylic acid groups (broad SMARTS) is 1. The summed E-state index contributed by atoms with van der Waals surface area (Å²) in [6.07, 6.45) is -0.0718. The summed E-state index contributed by atoms with van der Waals surface area (Å²) in [4.78, 5) is 25.2. The summed E-state index contributed by atoms with van der Waals surface area (Å²) in [6, 6.07) is 16.5. The molecule has 1 atom stereocenters. The topological polar surface area (TPSA) is 66.8 Å². The van der Waals surface area contributed by atoms with Crippen molar-refractivity contribution in [1.82, 2.24) is 0 Å². The fraction of sp³-hybridized carbons (Fsp3) is 0.222. The van der Waals surface area contributed by atoms with Crippen molar-refractivity contribution in [1.29, 1.82) is 0 Å². The number of fused-ring (bicyclic) bond motifs is 1. The number of anilines is 1. The van der Waals surface area contributed by atoms with E-state index < -0.39 is 18.0 Å². The number of hydrogen-bond donors (Lipinski definition) is 1. The minimum Gasteiger partial charge on any atom is -0.481 e. The molecule has 0 radical (unpaired) electrons. The Labute approximate surface area is 134 Å². The van der Waals surface area contributed by atoms with Gasteiger partial charge in [-0.25, -0.2) is 4.79 Å². The molecule has 0 unspecified atom stereocenters. The molecule has 1 aliphatic rings. The maximum absolute atomic E-state index is 12.4. The van der Waals surface area contributed by atoms with Crippen molar-refractivity contribution in [2.24, 2.45) is 0 Å². The monoisotopic (exact) mass is 311 g/mol. The van der Waals surface area contributed by atoms with E-state index in [4.69, 9.17) is 4.74 Å². The highest BCUT2D eigenvalue weighted by Crippen LogP contribution is 2.35. The molecule has 1 aliphatic heterocycles. The van der Waals surface area contributed by atoms with Gasteiger partial charge in [-0.3, -0.25) is 9.69 Å². The second kappa shape index (κ2) is 6.52. The minimum atomic E-state index is -0.866. The van der Waals surface area contributed by atoms with Crippen LogP contribution in [0.15, 0.2) is 54.6 Å². The zero-order valence-electron chi connectivity index (χ0n) is 12.5. The molecule has 0 aromatic heterocycles. The Hall–Kier alpha value is -2.82. The van der Waals surface area contributed by atoms with Gasteiger partial charge in [-0.2, -0.15) is 0 Å². The number of carboxylic acids is 1. The number of rotatable bonds is 3. The van der Waals surface area contributed by atoms with E-state index in [2.05, 4.69) is 0 Å². The molecule has 118 valence electrons. The number of hydrogen-bond acceptors (Lipinski definition) is 3. The van der Waals surface area contributed by atoms with Gasteiger partial charge < -0.3 is 9.84 Å². The van der Waals surface area contributed by atoms with Crippen LogP contribution in [-0.4, -0.2) is 23.7 Å². The number of nitrogens with zero attached hydrogens (tertiary/aromatic N) is 1. The summed E-state index contributed by atoms with van der Waals surface area (Å²) in [6.45, 7) is 0.530. The minimum absolute atomic E-state index is 0.195. The van der Waals surface area contributed by atoms with E-state index in [1.807, 2.05) is 30.3 Å². The Kier molecular flexibility index (Phi) is 4.28. The molecule has 1 N–H and O–H groups in total. The SMILES string of the molecule is O=C(O)[C@H]1CCN(C(=O)OCc2ccccc2)c2ccccc21. The van der Waals surface area contributed by atoms with E-state index in [9.17, 15) is 14.7 Å². The first-order valence-corrected chi connectivity index (χ1v) is 7.47. The van der Waals surface area contributed by atoms with E-state index >= 15 is 0 Å². The highest BCUT2D eigenvalue weighted by Gasteiger charge is 2.32. The van der Waals surface area contributed by atoms with Crippen molar-refractivity contribution >= 4 is 17.7 Å². The average Bonchev–Trinajstić information content (AvgIpc) is 2.59. The molecule has 23 heavy (non-hydrogen) atoms. The van der Waals surface area contributed by atoms with Crippen molar-refractivity contribution in [3.05, 3.63) is 65.7 Å². The second-order valence-corrected chi connectivity index (χ2v) is 5.43. The third-order valence-corrected chi connectivity index (χ3v) is 3.97. The number of aliphatic carboxylic acids is 1. The average molecular weight is 311 g/mol. The van der Waals surface area contributed by atoms with Gasteiger partial charge >= 0.3 is 12.1 Å². The molecule has 2 aromatic carbocycles. The summed E-state index contributed by atoms with van der Waals surface area (Å²) in [5.41, 5.74) is 2.18. The lowest BCUT2D eigenvalue weighted by Crippen LogP contribution is -2.38. The summed E-state index contributed by atoms with van der Waals surface area (Å²) in [5, 5.41) is 9.33. The lowest BCUT2D eigenvalue weighted by molar-refractivity contribution is -0.139. The van der Waals surface area contributed by atoms with Crippen LogP contribution in [0.1, 0.15) is 23.5 Å². The largest absolute Gasteiger partial charge is 0.481 e. The molecule has 1 amide bonds. The number of carbonyl (C=O) groups excluding carboxylic acids is 1. The fourth-order valence-electron chi connectivity index (χ4n) is 2.81. The van der Waals surface area contributed by atoms with Crippen LogP contribution in [0.2, 0.25) is 0 Å². The van der Waals surface area contributed by atoms with Gasteiger partial charge in [0.25, 0.3) is 0 Å². The molecule has 3 rings (SSSR count).